The number of hydrogen-bond acceptors (Lipinski definition) is 4. The monoisotopic (exact) mass is 282 g/mol. The second-order valence-electron chi connectivity index (χ2n) is 2.99. The number of benzene rings is 1. The molecule has 1 aromatic rings. The minimum absolute atomic E-state index is 0.394. The van der Waals surface area contributed by atoms with E-state index in [1.807, 2.05) is 0 Å². The van der Waals surface area contributed by atoms with Crippen LogP contribution in [-0.2, 0) is 0 Å². The molecule has 0 N–H and O–H groups in total. The highest BCUT2D eigenvalue weighted by molar-refractivity contribution is 7.97. The van der Waals surface area contributed by atoms with Crippen LogP contribution in [0.15, 0.2) is 34.5 Å². The topological polar surface area (TPSA) is 65.3 Å². The molecule has 0 aliphatic rings. The number of amides is 2. The van der Waals surface area contributed by atoms with Gasteiger partial charge >= 0.3 is 10.5 Å². The van der Waals surface area contributed by atoms with E-state index in [2.05, 4.69) is 48.9 Å². The predicted octanol–water partition coefficient (Wildman–Crippen LogP) is 2.63. The molecule has 0 fully saturated rings. The number of nitrogens with zero attached hydrogens (tertiary/aromatic N) is 4. The van der Waals surface area contributed by atoms with Crippen LogP contribution in [-0.4, -0.2) is 23.9 Å². The van der Waals surface area contributed by atoms with Crippen molar-refractivity contribution in [3.63, 3.8) is 0 Å². The third-order valence-corrected chi connectivity index (χ3v) is 2.34. The molecule has 94 valence electrons. The van der Waals surface area contributed by atoms with E-state index in [0.29, 0.717) is 11.4 Å². The number of hydrazone groups is 2. The van der Waals surface area contributed by atoms with Crippen molar-refractivity contribution in [2.75, 3.05) is 10.0 Å². The quantitative estimate of drug-likeness (QED) is 0.506. The van der Waals surface area contributed by atoms with Crippen molar-refractivity contribution in [3.8, 4) is 0 Å². The van der Waals surface area contributed by atoms with E-state index in [4.69, 9.17) is 0 Å². The molecule has 0 heterocycles. The van der Waals surface area contributed by atoms with Crippen LogP contribution in [0.1, 0.15) is 0 Å². The molecule has 0 bridgehead atoms. The molecule has 0 aromatic heterocycles. The maximum absolute atomic E-state index is 11.2. The Morgan fingerprint density at radius 1 is 1.00 bits per heavy atom. The van der Waals surface area contributed by atoms with E-state index in [0.717, 1.165) is 10.0 Å². The maximum atomic E-state index is 11.2. The van der Waals surface area contributed by atoms with Gasteiger partial charge in [-0.1, -0.05) is 31.3 Å². The highest BCUT2D eigenvalue weighted by Crippen LogP contribution is 2.24. The molecule has 0 saturated heterocycles. The van der Waals surface area contributed by atoms with Gasteiger partial charge in [0.2, 0.25) is 0 Å². The smallest absolute Gasteiger partial charge is 0.260 e. The molecule has 0 aliphatic heterocycles. The fraction of sp³-hybridized carbons (Fsp3) is 0. The van der Waals surface area contributed by atoms with Gasteiger partial charge in [-0.15, -0.1) is 0 Å². The van der Waals surface area contributed by atoms with Gasteiger partial charge in [0.15, 0.2) is 0 Å². The molecular formula is C10H10N4O2S2. The molecular weight excluding hydrogens is 272 g/mol. The van der Waals surface area contributed by atoms with Gasteiger partial charge in [-0.05, 0) is 18.2 Å². The lowest BCUT2D eigenvalue weighted by molar-refractivity contribution is 0.265. The normalized spacial score (nSPS) is 9.44. The summed E-state index contributed by atoms with van der Waals surface area (Å²) in [6.07, 6.45) is 0. The first kappa shape index (κ1) is 14.3. The zero-order valence-corrected chi connectivity index (χ0v) is 11.0. The summed E-state index contributed by atoms with van der Waals surface area (Å²) in [5.41, 5.74) is 0.788. The van der Waals surface area contributed by atoms with Gasteiger partial charge in [0.05, 0.1) is 11.4 Å². The summed E-state index contributed by atoms with van der Waals surface area (Å²) in [5, 5.41) is 7.77. The van der Waals surface area contributed by atoms with Gasteiger partial charge in [-0.2, -0.15) is 20.2 Å². The van der Waals surface area contributed by atoms with Crippen LogP contribution in [0.5, 0.6) is 0 Å². The fourth-order valence-electron chi connectivity index (χ4n) is 1.26. The van der Waals surface area contributed by atoms with Crippen LogP contribution >= 0.6 is 25.3 Å². The number of hydrogen-bond donors (Lipinski definition) is 2. The molecule has 0 saturated carbocycles. The van der Waals surface area contributed by atoms with Crippen molar-refractivity contribution in [2.24, 2.45) is 10.2 Å². The van der Waals surface area contributed by atoms with Gasteiger partial charge < -0.3 is 0 Å². The van der Waals surface area contributed by atoms with E-state index < -0.39 is 10.5 Å². The highest BCUT2D eigenvalue weighted by Gasteiger charge is 2.14. The van der Waals surface area contributed by atoms with E-state index in [9.17, 15) is 9.59 Å². The summed E-state index contributed by atoms with van der Waals surface area (Å²) in [4.78, 5) is 22.4. The first-order valence-electron chi connectivity index (χ1n) is 4.60. The minimum atomic E-state index is -0.600. The van der Waals surface area contributed by atoms with E-state index in [1.165, 1.54) is 6.07 Å². The SMILES string of the molecule is C=NN(C(=O)S)c1cccc(N(N=C)C(=O)S)c1. The van der Waals surface area contributed by atoms with Crippen molar-refractivity contribution in [1.29, 1.82) is 0 Å². The molecule has 2 amide bonds. The average Bonchev–Trinajstić information content (AvgIpc) is 2.30. The number of carbonyl (C=O) groups is 2. The van der Waals surface area contributed by atoms with E-state index in [1.54, 1.807) is 18.2 Å². The van der Waals surface area contributed by atoms with E-state index >= 15 is 0 Å². The molecule has 0 unspecified atom stereocenters. The van der Waals surface area contributed by atoms with Crippen LogP contribution in [0.3, 0.4) is 0 Å². The van der Waals surface area contributed by atoms with Crippen LogP contribution in [0.25, 0.3) is 0 Å². The molecule has 18 heavy (non-hydrogen) atoms. The summed E-state index contributed by atoms with van der Waals surface area (Å²) in [6, 6.07) is 6.34. The minimum Gasteiger partial charge on any atom is -0.260 e. The van der Waals surface area contributed by atoms with Gasteiger partial charge in [0.25, 0.3) is 0 Å². The zero-order valence-electron chi connectivity index (χ0n) is 9.22. The standard InChI is InChI=1S/C10H10N4O2S2/c1-11-13(9(15)17)7-4-3-5-8(6-7)14(12-2)10(16)18/h3-6H,1-2H2,(H,15,17)(H,16,18). The maximum Gasteiger partial charge on any atom is 0.303 e. The van der Waals surface area contributed by atoms with Gasteiger partial charge in [-0.25, -0.2) is 0 Å². The van der Waals surface area contributed by atoms with Crippen molar-refractivity contribution < 1.29 is 9.59 Å². The predicted molar refractivity (Wildman–Crippen MR) is 79.3 cm³/mol. The molecule has 1 rings (SSSR count). The Balaban J connectivity index is 3.19. The lowest BCUT2D eigenvalue weighted by atomic mass is 10.2. The third kappa shape index (κ3) is 3.11. The summed E-state index contributed by atoms with van der Waals surface area (Å²) >= 11 is 7.31. The molecule has 1 aromatic carbocycles. The first-order chi connectivity index (χ1) is 8.51. The van der Waals surface area contributed by atoms with Crippen LogP contribution in [0.2, 0.25) is 0 Å². The molecule has 0 radical (unpaired) electrons. The third-order valence-electron chi connectivity index (χ3n) is 1.96. The second-order valence-corrected chi connectivity index (χ2v) is 3.76. The number of thiol groups is 2. The Morgan fingerprint density at radius 2 is 1.39 bits per heavy atom. The molecule has 6 nitrogen and oxygen atoms in total. The summed E-state index contributed by atoms with van der Waals surface area (Å²) < 4.78 is 0. The van der Waals surface area contributed by atoms with Crippen LogP contribution in [0.4, 0.5) is 21.0 Å². The van der Waals surface area contributed by atoms with E-state index in [-0.39, 0.29) is 0 Å². The molecule has 0 atom stereocenters. The average molecular weight is 282 g/mol. The number of rotatable bonds is 4. The number of anilines is 2. The summed E-state index contributed by atoms with van der Waals surface area (Å²) in [5.74, 6) is 0. The highest BCUT2D eigenvalue weighted by atomic mass is 32.1. The summed E-state index contributed by atoms with van der Waals surface area (Å²) in [6.45, 7) is 6.53. The van der Waals surface area contributed by atoms with Crippen molar-refractivity contribution >= 4 is 60.5 Å². The van der Waals surface area contributed by atoms with Gasteiger partial charge in [0.1, 0.15) is 0 Å². The Morgan fingerprint density at radius 3 is 1.67 bits per heavy atom. The van der Waals surface area contributed by atoms with Crippen molar-refractivity contribution in [3.05, 3.63) is 24.3 Å². The van der Waals surface area contributed by atoms with Crippen LogP contribution < -0.4 is 10.0 Å². The Kier molecular flexibility index (Phi) is 4.93. The van der Waals surface area contributed by atoms with Gasteiger partial charge in [-0.3, -0.25) is 9.59 Å². The fourth-order valence-corrected chi connectivity index (χ4v) is 1.62. The Labute approximate surface area is 115 Å². The lowest BCUT2D eigenvalue weighted by Gasteiger charge is -2.17. The van der Waals surface area contributed by atoms with Crippen molar-refractivity contribution in [2.45, 2.75) is 0 Å². The Hall–Kier alpha value is -1.80. The van der Waals surface area contributed by atoms with Crippen LogP contribution in [0, 0.1) is 0 Å². The number of carbonyl (C=O) groups excluding carboxylic acids is 2. The van der Waals surface area contributed by atoms with Gasteiger partial charge in [0, 0.05) is 13.4 Å². The molecule has 8 heteroatoms. The molecule has 0 aliphatic carbocycles. The first-order valence-corrected chi connectivity index (χ1v) is 5.50. The lowest BCUT2D eigenvalue weighted by Crippen LogP contribution is -2.21. The van der Waals surface area contributed by atoms with Crippen molar-refractivity contribution in [1.82, 2.24) is 0 Å². The molecule has 0 spiro atoms. The summed E-state index contributed by atoms with van der Waals surface area (Å²) in [7, 11) is 0. The second kappa shape index (κ2) is 6.22. The largest absolute Gasteiger partial charge is 0.303 e. The Bertz CT molecular complexity index is 465. The zero-order chi connectivity index (χ0) is 13.7.